The summed E-state index contributed by atoms with van der Waals surface area (Å²) < 4.78 is 6.64. The molecule has 1 aromatic carbocycles. The van der Waals surface area contributed by atoms with E-state index in [-0.39, 0.29) is 23.8 Å². The van der Waals surface area contributed by atoms with E-state index >= 15 is 0 Å². The zero-order valence-corrected chi connectivity index (χ0v) is 16.8. The first-order valence-electron chi connectivity index (χ1n) is 9.26. The van der Waals surface area contributed by atoms with Gasteiger partial charge in [-0.25, -0.2) is 4.79 Å². The third kappa shape index (κ3) is 5.22. The largest absolute Gasteiger partial charge is 0.450 e. The van der Waals surface area contributed by atoms with Crippen molar-refractivity contribution in [3.8, 4) is 5.69 Å². The number of tetrazole rings is 1. The minimum Gasteiger partial charge on any atom is -0.450 e. The molecule has 3 rings (SSSR count). The predicted molar refractivity (Wildman–Crippen MR) is 104 cm³/mol. The van der Waals surface area contributed by atoms with Crippen molar-refractivity contribution in [1.82, 2.24) is 30.4 Å². The van der Waals surface area contributed by atoms with Crippen LogP contribution in [0.15, 0.2) is 29.4 Å². The summed E-state index contributed by atoms with van der Waals surface area (Å²) in [5, 5.41) is 15.3. The Morgan fingerprint density at radius 3 is 2.82 bits per heavy atom. The van der Waals surface area contributed by atoms with Crippen LogP contribution in [0.25, 0.3) is 5.69 Å². The van der Waals surface area contributed by atoms with Crippen molar-refractivity contribution in [1.29, 1.82) is 0 Å². The minimum atomic E-state index is -0.286. The second-order valence-electron chi connectivity index (χ2n) is 6.53. The van der Waals surface area contributed by atoms with Gasteiger partial charge < -0.3 is 15.0 Å². The number of aryl methyl sites for hydroxylation is 1. The fourth-order valence-electron chi connectivity index (χ4n) is 3.01. The maximum absolute atomic E-state index is 12.3. The molecule has 28 heavy (non-hydrogen) atoms. The maximum Gasteiger partial charge on any atom is 0.409 e. The molecule has 0 atom stereocenters. The van der Waals surface area contributed by atoms with E-state index in [1.165, 1.54) is 11.8 Å². The lowest BCUT2D eigenvalue weighted by molar-refractivity contribution is -0.119. The first-order chi connectivity index (χ1) is 13.6. The number of benzene rings is 1. The van der Waals surface area contributed by atoms with E-state index < -0.39 is 0 Å². The van der Waals surface area contributed by atoms with Crippen LogP contribution >= 0.6 is 11.8 Å². The van der Waals surface area contributed by atoms with E-state index in [2.05, 4.69) is 20.8 Å². The molecule has 0 spiro atoms. The van der Waals surface area contributed by atoms with Gasteiger partial charge in [0.15, 0.2) is 0 Å². The Morgan fingerprint density at radius 2 is 2.11 bits per heavy atom. The van der Waals surface area contributed by atoms with Crippen LogP contribution in [0.1, 0.15) is 25.3 Å². The molecule has 9 nitrogen and oxygen atoms in total. The van der Waals surface area contributed by atoms with Gasteiger partial charge in [-0.3, -0.25) is 4.79 Å². The third-order valence-electron chi connectivity index (χ3n) is 4.41. The van der Waals surface area contributed by atoms with Crippen LogP contribution in [0, 0.1) is 6.92 Å². The molecule has 1 saturated heterocycles. The molecule has 1 aliphatic rings. The Hall–Kier alpha value is -2.62. The van der Waals surface area contributed by atoms with Crippen LogP contribution in [0.2, 0.25) is 0 Å². The van der Waals surface area contributed by atoms with Gasteiger partial charge in [-0.05, 0) is 54.8 Å². The second-order valence-corrected chi connectivity index (χ2v) is 7.47. The highest BCUT2D eigenvalue weighted by Crippen LogP contribution is 2.19. The van der Waals surface area contributed by atoms with E-state index in [4.69, 9.17) is 4.74 Å². The number of rotatable bonds is 6. The molecule has 0 radical (unpaired) electrons. The van der Waals surface area contributed by atoms with Gasteiger partial charge in [-0.1, -0.05) is 23.9 Å². The molecule has 2 aromatic rings. The summed E-state index contributed by atoms with van der Waals surface area (Å²) in [6, 6.07) is 7.91. The van der Waals surface area contributed by atoms with Crippen molar-refractivity contribution in [3.63, 3.8) is 0 Å². The number of carbonyl (C=O) groups excluding carboxylic acids is 2. The topological polar surface area (TPSA) is 102 Å². The number of likely N-dealkylation sites (tertiary alicyclic amines) is 1. The zero-order chi connectivity index (χ0) is 19.9. The van der Waals surface area contributed by atoms with Crippen molar-refractivity contribution in [2.24, 2.45) is 0 Å². The molecule has 0 bridgehead atoms. The summed E-state index contributed by atoms with van der Waals surface area (Å²) in [5.41, 5.74) is 1.97. The zero-order valence-electron chi connectivity index (χ0n) is 16.0. The molecular weight excluding hydrogens is 380 g/mol. The Balaban J connectivity index is 1.47. The van der Waals surface area contributed by atoms with Crippen LogP contribution in [0.4, 0.5) is 4.79 Å². The lowest BCUT2D eigenvalue weighted by atomic mass is 10.1. The van der Waals surface area contributed by atoms with Crippen LogP contribution in [-0.2, 0) is 9.53 Å². The van der Waals surface area contributed by atoms with E-state index in [9.17, 15) is 9.59 Å². The minimum absolute atomic E-state index is 0.0616. The molecule has 0 aliphatic carbocycles. The fourth-order valence-corrected chi connectivity index (χ4v) is 3.71. The van der Waals surface area contributed by atoms with Crippen molar-refractivity contribution < 1.29 is 14.3 Å². The summed E-state index contributed by atoms with van der Waals surface area (Å²) in [6.45, 7) is 5.33. The number of nitrogens with zero attached hydrogens (tertiary/aromatic N) is 5. The number of hydrogen-bond donors (Lipinski definition) is 1. The van der Waals surface area contributed by atoms with Gasteiger partial charge in [0.25, 0.3) is 0 Å². The quantitative estimate of drug-likeness (QED) is 0.733. The molecule has 0 unspecified atom stereocenters. The number of aromatic nitrogens is 4. The van der Waals surface area contributed by atoms with Crippen molar-refractivity contribution in [2.75, 3.05) is 25.4 Å². The van der Waals surface area contributed by atoms with E-state index in [0.29, 0.717) is 24.9 Å². The number of carbonyl (C=O) groups is 2. The fraction of sp³-hybridized carbons (Fsp3) is 0.500. The number of amides is 2. The lowest BCUT2D eigenvalue weighted by Crippen LogP contribution is -2.47. The van der Waals surface area contributed by atoms with Crippen molar-refractivity contribution >= 4 is 23.8 Å². The average molecular weight is 404 g/mol. The monoisotopic (exact) mass is 404 g/mol. The normalized spacial score (nSPS) is 14.7. The van der Waals surface area contributed by atoms with Gasteiger partial charge in [-0.15, -0.1) is 5.10 Å². The molecule has 1 fully saturated rings. The molecule has 150 valence electrons. The highest BCUT2D eigenvalue weighted by molar-refractivity contribution is 7.99. The van der Waals surface area contributed by atoms with Gasteiger partial charge in [0, 0.05) is 19.1 Å². The van der Waals surface area contributed by atoms with Crippen LogP contribution in [0.5, 0.6) is 0 Å². The van der Waals surface area contributed by atoms with E-state index in [0.717, 1.165) is 24.1 Å². The van der Waals surface area contributed by atoms with Crippen LogP contribution in [-0.4, -0.2) is 68.6 Å². The second kappa shape index (κ2) is 9.54. The third-order valence-corrected chi connectivity index (χ3v) is 5.32. The molecule has 0 saturated carbocycles. The Labute approximate surface area is 167 Å². The molecule has 1 N–H and O–H groups in total. The first-order valence-corrected chi connectivity index (χ1v) is 10.2. The molecule has 2 amide bonds. The molecular formula is C18H24N6O3S. The van der Waals surface area contributed by atoms with Gasteiger partial charge >= 0.3 is 6.09 Å². The van der Waals surface area contributed by atoms with Gasteiger partial charge in [0.2, 0.25) is 11.1 Å². The summed E-state index contributed by atoms with van der Waals surface area (Å²) in [5.74, 6) is 0.156. The molecule has 10 heteroatoms. The van der Waals surface area contributed by atoms with Gasteiger partial charge in [0.1, 0.15) is 0 Å². The molecule has 1 aromatic heterocycles. The smallest absolute Gasteiger partial charge is 0.409 e. The SMILES string of the molecule is CCOC(=O)N1CCC(NC(=O)CSc2nnnn2-c2cccc(C)c2)CC1. The Morgan fingerprint density at radius 1 is 1.32 bits per heavy atom. The van der Waals surface area contributed by atoms with Crippen LogP contribution < -0.4 is 5.32 Å². The highest BCUT2D eigenvalue weighted by atomic mass is 32.2. The predicted octanol–water partition coefficient (Wildman–Crippen LogP) is 1.80. The summed E-state index contributed by atoms with van der Waals surface area (Å²) >= 11 is 1.29. The molecule has 2 heterocycles. The van der Waals surface area contributed by atoms with E-state index in [1.54, 1.807) is 16.5 Å². The highest BCUT2D eigenvalue weighted by Gasteiger charge is 2.24. The van der Waals surface area contributed by atoms with Crippen molar-refractivity contribution in [2.45, 2.75) is 37.9 Å². The number of nitrogens with one attached hydrogen (secondary N) is 1. The molecule has 1 aliphatic heterocycles. The Kier molecular flexibility index (Phi) is 6.85. The average Bonchev–Trinajstić information content (AvgIpc) is 3.16. The number of ether oxygens (including phenoxy) is 1. The number of piperidine rings is 1. The van der Waals surface area contributed by atoms with Gasteiger partial charge in [0.05, 0.1) is 18.0 Å². The van der Waals surface area contributed by atoms with Crippen LogP contribution in [0.3, 0.4) is 0 Å². The standard InChI is InChI=1S/C18H24N6O3S/c1-3-27-18(26)23-9-7-14(8-10-23)19-16(25)12-28-17-20-21-22-24(17)15-6-4-5-13(2)11-15/h4-6,11,14H,3,7-10,12H2,1-2H3,(H,19,25). The van der Waals surface area contributed by atoms with Crippen molar-refractivity contribution in [3.05, 3.63) is 29.8 Å². The maximum atomic E-state index is 12.3. The van der Waals surface area contributed by atoms with Gasteiger partial charge in [-0.2, -0.15) is 4.68 Å². The first kappa shape index (κ1) is 20.1. The summed E-state index contributed by atoms with van der Waals surface area (Å²) in [7, 11) is 0. The lowest BCUT2D eigenvalue weighted by Gasteiger charge is -2.31. The number of hydrogen-bond acceptors (Lipinski definition) is 7. The Bertz CT molecular complexity index is 819. The summed E-state index contributed by atoms with van der Waals surface area (Å²) in [6.07, 6.45) is 1.15. The number of thioether (sulfide) groups is 1. The summed E-state index contributed by atoms with van der Waals surface area (Å²) in [4.78, 5) is 25.7. The van der Waals surface area contributed by atoms with E-state index in [1.807, 2.05) is 31.2 Å².